The SMILES string of the molecule is CCOC(=O)C(C=O)N=Nc1ccc(Br)c(F)c1Cl. The van der Waals surface area contributed by atoms with Gasteiger partial charge in [-0.2, -0.15) is 10.2 Å². The number of ether oxygens (including phenoxy) is 1. The molecule has 0 aliphatic rings. The summed E-state index contributed by atoms with van der Waals surface area (Å²) in [5.74, 6) is -1.52. The molecule has 102 valence electrons. The molecule has 0 radical (unpaired) electrons. The van der Waals surface area contributed by atoms with Crippen LogP contribution in [0.15, 0.2) is 26.8 Å². The summed E-state index contributed by atoms with van der Waals surface area (Å²) in [5, 5.41) is 6.80. The van der Waals surface area contributed by atoms with Crippen molar-refractivity contribution in [3.05, 3.63) is 27.4 Å². The number of benzene rings is 1. The lowest BCUT2D eigenvalue weighted by Crippen LogP contribution is -2.22. The van der Waals surface area contributed by atoms with Crippen LogP contribution in [0.25, 0.3) is 0 Å². The van der Waals surface area contributed by atoms with Crippen molar-refractivity contribution in [2.45, 2.75) is 13.0 Å². The van der Waals surface area contributed by atoms with E-state index in [0.717, 1.165) is 0 Å². The normalized spacial score (nSPS) is 12.4. The lowest BCUT2D eigenvalue weighted by Gasteiger charge is -2.04. The van der Waals surface area contributed by atoms with E-state index in [1.807, 2.05) is 0 Å². The Bertz CT molecular complexity index is 525. The van der Waals surface area contributed by atoms with Crippen LogP contribution in [0.1, 0.15) is 6.92 Å². The van der Waals surface area contributed by atoms with Gasteiger partial charge < -0.3 is 9.53 Å². The standard InChI is InChI=1S/C11H9BrClFN2O3/c1-2-19-11(18)8(5-17)16-15-7-4-3-6(12)10(14)9(7)13/h3-5,8H,2H2,1H3. The number of aldehydes is 1. The average molecular weight is 352 g/mol. The second-order valence-corrected chi connectivity index (χ2v) is 4.48. The van der Waals surface area contributed by atoms with Gasteiger partial charge in [-0.05, 0) is 35.0 Å². The number of hydrogen-bond donors (Lipinski definition) is 0. The minimum Gasteiger partial charge on any atom is -0.464 e. The van der Waals surface area contributed by atoms with Crippen molar-refractivity contribution in [1.82, 2.24) is 0 Å². The number of halogens is 3. The van der Waals surface area contributed by atoms with Crippen LogP contribution in [-0.4, -0.2) is 24.9 Å². The van der Waals surface area contributed by atoms with Gasteiger partial charge in [0.25, 0.3) is 0 Å². The molecule has 0 N–H and O–H groups in total. The van der Waals surface area contributed by atoms with Gasteiger partial charge in [0.05, 0.1) is 11.1 Å². The summed E-state index contributed by atoms with van der Waals surface area (Å²) < 4.78 is 18.2. The zero-order valence-electron chi connectivity index (χ0n) is 9.77. The molecule has 1 aromatic carbocycles. The Morgan fingerprint density at radius 2 is 2.32 bits per heavy atom. The zero-order chi connectivity index (χ0) is 14.4. The first kappa shape index (κ1) is 15.7. The maximum absolute atomic E-state index is 13.4. The average Bonchev–Trinajstić information content (AvgIpc) is 2.39. The van der Waals surface area contributed by atoms with Crippen molar-refractivity contribution in [3.63, 3.8) is 0 Å². The van der Waals surface area contributed by atoms with Gasteiger partial charge in [-0.25, -0.2) is 9.18 Å². The van der Waals surface area contributed by atoms with Gasteiger partial charge in [-0.3, -0.25) is 0 Å². The van der Waals surface area contributed by atoms with Crippen LogP contribution >= 0.6 is 27.5 Å². The Balaban J connectivity index is 2.94. The molecule has 0 aliphatic heterocycles. The van der Waals surface area contributed by atoms with Gasteiger partial charge in [0.1, 0.15) is 10.7 Å². The lowest BCUT2D eigenvalue weighted by atomic mass is 10.3. The van der Waals surface area contributed by atoms with Crippen LogP contribution < -0.4 is 0 Å². The highest BCUT2D eigenvalue weighted by Gasteiger charge is 2.18. The molecule has 1 atom stereocenters. The molecular weight excluding hydrogens is 342 g/mol. The van der Waals surface area contributed by atoms with E-state index in [0.29, 0.717) is 0 Å². The van der Waals surface area contributed by atoms with Gasteiger partial charge in [0.2, 0.25) is 6.04 Å². The minimum atomic E-state index is -1.39. The molecule has 1 rings (SSSR count). The van der Waals surface area contributed by atoms with Crippen molar-refractivity contribution in [1.29, 1.82) is 0 Å². The summed E-state index contributed by atoms with van der Waals surface area (Å²) in [6.45, 7) is 1.71. The first-order chi connectivity index (χ1) is 9.01. The monoisotopic (exact) mass is 350 g/mol. The molecular formula is C11H9BrClFN2O3. The summed E-state index contributed by atoms with van der Waals surface area (Å²) in [5.41, 5.74) is 0.0125. The predicted octanol–water partition coefficient (Wildman–Crippen LogP) is 3.46. The van der Waals surface area contributed by atoms with Gasteiger partial charge >= 0.3 is 5.97 Å². The number of rotatable bonds is 5. The fourth-order valence-electron chi connectivity index (χ4n) is 1.07. The molecule has 1 aromatic rings. The maximum Gasteiger partial charge on any atom is 0.340 e. The highest BCUT2D eigenvalue weighted by molar-refractivity contribution is 9.10. The molecule has 8 heteroatoms. The Morgan fingerprint density at radius 3 is 2.89 bits per heavy atom. The summed E-state index contributed by atoms with van der Waals surface area (Å²) in [6.07, 6.45) is 0.282. The van der Waals surface area contributed by atoms with Gasteiger partial charge in [0.15, 0.2) is 12.1 Å². The smallest absolute Gasteiger partial charge is 0.340 e. The molecule has 19 heavy (non-hydrogen) atoms. The molecule has 0 fully saturated rings. The van der Waals surface area contributed by atoms with E-state index in [4.69, 9.17) is 11.6 Å². The van der Waals surface area contributed by atoms with E-state index in [-0.39, 0.29) is 28.1 Å². The van der Waals surface area contributed by atoms with Gasteiger partial charge in [-0.1, -0.05) is 11.6 Å². The van der Waals surface area contributed by atoms with Crippen LogP contribution in [0.5, 0.6) is 0 Å². The number of azo groups is 1. The van der Waals surface area contributed by atoms with Crippen LogP contribution in [-0.2, 0) is 14.3 Å². The molecule has 0 bridgehead atoms. The Labute approximate surface area is 121 Å². The van der Waals surface area contributed by atoms with E-state index < -0.39 is 17.8 Å². The van der Waals surface area contributed by atoms with E-state index >= 15 is 0 Å². The lowest BCUT2D eigenvalue weighted by molar-refractivity contribution is -0.145. The van der Waals surface area contributed by atoms with Crippen LogP contribution in [0.2, 0.25) is 5.02 Å². The minimum absolute atomic E-state index is 0.0125. The van der Waals surface area contributed by atoms with Crippen molar-refractivity contribution < 1.29 is 18.7 Å². The van der Waals surface area contributed by atoms with E-state index in [1.165, 1.54) is 12.1 Å². The topological polar surface area (TPSA) is 68.1 Å². The summed E-state index contributed by atoms with van der Waals surface area (Å²) in [7, 11) is 0. The molecule has 0 aromatic heterocycles. The second-order valence-electron chi connectivity index (χ2n) is 3.24. The third kappa shape index (κ3) is 4.07. The number of esters is 1. The largest absolute Gasteiger partial charge is 0.464 e. The molecule has 0 saturated heterocycles. The third-order valence-electron chi connectivity index (χ3n) is 1.96. The van der Waals surface area contributed by atoms with Crippen LogP contribution in [0, 0.1) is 5.82 Å². The number of carbonyl (C=O) groups is 2. The fourth-order valence-corrected chi connectivity index (χ4v) is 1.72. The van der Waals surface area contributed by atoms with Crippen LogP contribution in [0.3, 0.4) is 0 Å². The first-order valence-electron chi connectivity index (χ1n) is 5.17. The first-order valence-corrected chi connectivity index (χ1v) is 6.34. The third-order valence-corrected chi connectivity index (χ3v) is 2.93. The molecule has 0 heterocycles. The summed E-state index contributed by atoms with van der Waals surface area (Å²) >= 11 is 8.66. The van der Waals surface area contributed by atoms with Crippen molar-refractivity contribution in [2.24, 2.45) is 10.2 Å². The molecule has 5 nitrogen and oxygen atoms in total. The van der Waals surface area contributed by atoms with Crippen molar-refractivity contribution in [3.8, 4) is 0 Å². The predicted molar refractivity (Wildman–Crippen MR) is 70.1 cm³/mol. The summed E-state index contributed by atoms with van der Waals surface area (Å²) in [4.78, 5) is 22.0. The number of hydrogen-bond acceptors (Lipinski definition) is 5. The van der Waals surface area contributed by atoms with Crippen LogP contribution in [0.4, 0.5) is 10.1 Å². The Kier molecular flexibility index (Phi) is 6.04. The van der Waals surface area contributed by atoms with E-state index in [2.05, 4.69) is 30.9 Å². The fraction of sp³-hybridized carbons (Fsp3) is 0.273. The van der Waals surface area contributed by atoms with Crippen molar-refractivity contribution in [2.75, 3.05) is 6.61 Å². The van der Waals surface area contributed by atoms with E-state index in [1.54, 1.807) is 6.92 Å². The summed E-state index contributed by atoms with van der Waals surface area (Å²) in [6, 6.07) is 1.39. The quantitative estimate of drug-likeness (QED) is 0.268. The van der Waals surface area contributed by atoms with Crippen molar-refractivity contribution >= 4 is 45.5 Å². The Morgan fingerprint density at radius 1 is 1.63 bits per heavy atom. The zero-order valence-corrected chi connectivity index (χ0v) is 12.1. The number of nitrogens with zero attached hydrogens (tertiary/aromatic N) is 2. The van der Waals surface area contributed by atoms with Gasteiger partial charge in [0, 0.05) is 0 Å². The number of carbonyl (C=O) groups excluding carboxylic acids is 2. The van der Waals surface area contributed by atoms with Gasteiger partial charge in [-0.15, -0.1) is 0 Å². The molecule has 0 aliphatic carbocycles. The molecule has 0 spiro atoms. The second kappa shape index (κ2) is 7.30. The highest BCUT2D eigenvalue weighted by Crippen LogP contribution is 2.32. The molecule has 1 unspecified atom stereocenters. The maximum atomic E-state index is 13.4. The molecule has 0 saturated carbocycles. The Hall–Kier alpha value is -1.34. The highest BCUT2D eigenvalue weighted by atomic mass is 79.9. The van der Waals surface area contributed by atoms with E-state index in [9.17, 15) is 14.0 Å². The molecule has 0 amide bonds.